The molecule has 1 atom stereocenters. The number of hydrogen-bond acceptors (Lipinski definition) is 7. The maximum Gasteiger partial charge on any atom is 0.339 e. The largest absolute Gasteiger partial charge is 0.495 e. The van der Waals surface area contributed by atoms with E-state index in [1.807, 2.05) is 0 Å². The van der Waals surface area contributed by atoms with Gasteiger partial charge in [-0.25, -0.2) is 4.79 Å². The Kier molecular flexibility index (Phi) is 6.78. The third kappa shape index (κ3) is 4.89. The summed E-state index contributed by atoms with van der Waals surface area (Å²) in [6.45, 7) is 1.38. The molecule has 10 heteroatoms. The number of nitrogens with zero attached hydrogens (tertiary/aromatic N) is 1. The number of carbonyl (C=O) groups is 2. The van der Waals surface area contributed by atoms with E-state index < -0.39 is 22.9 Å². The first-order valence-corrected chi connectivity index (χ1v) is 8.46. The molecule has 0 saturated carbocycles. The third-order valence-electron chi connectivity index (χ3n) is 3.77. The minimum absolute atomic E-state index is 0.0503. The summed E-state index contributed by atoms with van der Waals surface area (Å²) in [6.07, 6.45) is -1.17. The fraction of sp³-hybridized carbons (Fsp3) is 0.222. The highest BCUT2D eigenvalue weighted by Crippen LogP contribution is 2.28. The van der Waals surface area contributed by atoms with Gasteiger partial charge >= 0.3 is 5.97 Å². The van der Waals surface area contributed by atoms with E-state index in [1.165, 1.54) is 39.3 Å². The Labute approximate surface area is 165 Å². The number of nitrogens with one attached hydrogen (secondary N) is 2. The van der Waals surface area contributed by atoms with Gasteiger partial charge in [-0.3, -0.25) is 14.9 Å². The molecular formula is C18H18ClN3O6. The SMILES string of the molecule is CNc1ccc(C(=O)O[C@@H](C)C(=O)Nc2cc(Cl)ccc2OC)cc1[N+](=O)[O-]. The molecule has 0 aliphatic carbocycles. The number of benzene rings is 2. The van der Waals surface area contributed by atoms with Crippen molar-refractivity contribution in [1.29, 1.82) is 0 Å². The van der Waals surface area contributed by atoms with Crippen LogP contribution in [0, 0.1) is 10.1 Å². The van der Waals surface area contributed by atoms with Gasteiger partial charge in [0.15, 0.2) is 6.10 Å². The lowest BCUT2D eigenvalue weighted by Crippen LogP contribution is -2.30. The fourth-order valence-electron chi connectivity index (χ4n) is 2.32. The number of ether oxygens (including phenoxy) is 2. The predicted molar refractivity (Wildman–Crippen MR) is 104 cm³/mol. The number of hydrogen-bond donors (Lipinski definition) is 2. The lowest BCUT2D eigenvalue weighted by Gasteiger charge is -2.15. The number of anilines is 2. The van der Waals surface area contributed by atoms with Crippen molar-refractivity contribution in [1.82, 2.24) is 0 Å². The molecule has 0 aliphatic heterocycles. The van der Waals surface area contributed by atoms with Crippen molar-refractivity contribution in [2.24, 2.45) is 0 Å². The molecule has 0 heterocycles. The first-order valence-electron chi connectivity index (χ1n) is 8.08. The molecular weight excluding hydrogens is 390 g/mol. The van der Waals surface area contributed by atoms with Crippen molar-refractivity contribution in [2.75, 3.05) is 24.8 Å². The molecule has 0 spiro atoms. The van der Waals surface area contributed by atoms with Gasteiger partial charge in [0.2, 0.25) is 0 Å². The number of halogens is 1. The predicted octanol–water partition coefficient (Wildman–Crippen LogP) is 3.48. The van der Waals surface area contributed by atoms with E-state index in [0.29, 0.717) is 16.5 Å². The number of methoxy groups -OCH3 is 1. The van der Waals surface area contributed by atoms with Crippen LogP contribution in [0.15, 0.2) is 36.4 Å². The maximum absolute atomic E-state index is 12.3. The van der Waals surface area contributed by atoms with Gasteiger partial charge < -0.3 is 20.1 Å². The number of carbonyl (C=O) groups excluding carboxylic acids is 2. The summed E-state index contributed by atoms with van der Waals surface area (Å²) in [7, 11) is 2.96. The molecule has 0 radical (unpaired) electrons. The van der Waals surface area contributed by atoms with Gasteiger partial charge in [-0.05, 0) is 37.3 Å². The van der Waals surface area contributed by atoms with Crippen molar-refractivity contribution < 1.29 is 24.0 Å². The standard InChI is InChI=1S/C18H18ClN3O6/c1-10(17(23)21-14-9-12(19)5-7-16(14)27-3)28-18(24)11-4-6-13(20-2)15(8-11)22(25)26/h4-10,20H,1-3H3,(H,21,23)/t10-/m0/s1. The van der Waals surface area contributed by atoms with Crippen LogP contribution in [0.2, 0.25) is 5.02 Å². The summed E-state index contributed by atoms with van der Waals surface area (Å²) in [6, 6.07) is 8.51. The Morgan fingerprint density at radius 1 is 1.18 bits per heavy atom. The number of nitro benzene ring substituents is 1. The van der Waals surface area contributed by atoms with Crippen molar-refractivity contribution >= 4 is 40.5 Å². The monoisotopic (exact) mass is 407 g/mol. The summed E-state index contributed by atoms with van der Waals surface area (Å²) < 4.78 is 10.3. The molecule has 2 rings (SSSR count). The van der Waals surface area contributed by atoms with Crippen molar-refractivity contribution in [3.63, 3.8) is 0 Å². The Hall–Kier alpha value is -3.33. The summed E-state index contributed by atoms with van der Waals surface area (Å²) in [5.41, 5.74) is 0.237. The molecule has 0 saturated heterocycles. The smallest absolute Gasteiger partial charge is 0.339 e. The van der Waals surface area contributed by atoms with Gasteiger partial charge in [0.1, 0.15) is 11.4 Å². The molecule has 2 aromatic carbocycles. The Balaban J connectivity index is 2.12. The second kappa shape index (κ2) is 9.05. The third-order valence-corrected chi connectivity index (χ3v) is 4.01. The zero-order chi connectivity index (χ0) is 20.8. The van der Waals surface area contributed by atoms with Crippen LogP contribution in [0.5, 0.6) is 5.75 Å². The van der Waals surface area contributed by atoms with E-state index in [2.05, 4.69) is 10.6 Å². The Morgan fingerprint density at radius 2 is 1.89 bits per heavy atom. The van der Waals surface area contributed by atoms with Gasteiger partial charge in [0.25, 0.3) is 11.6 Å². The minimum Gasteiger partial charge on any atom is -0.495 e. The molecule has 0 bridgehead atoms. The number of amides is 1. The van der Waals surface area contributed by atoms with Gasteiger partial charge in [-0.15, -0.1) is 0 Å². The molecule has 148 valence electrons. The number of nitro groups is 1. The van der Waals surface area contributed by atoms with E-state index in [1.54, 1.807) is 12.1 Å². The van der Waals surface area contributed by atoms with Crippen LogP contribution in [0.3, 0.4) is 0 Å². The van der Waals surface area contributed by atoms with Gasteiger partial charge in [-0.2, -0.15) is 0 Å². The first-order chi connectivity index (χ1) is 13.3. The lowest BCUT2D eigenvalue weighted by atomic mass is 10.1. The summed E-state index contributed by atoms with van der Waals surface area (Å²) in [5, 5.41) is 16.7. The van der Waals surface area contributed by atoms with Crippen LogP contribution in [0.25, 0.3) is 0 Å². The average Bonchev–Trinajstić information content (AvgIpc) is 2.67. The van der Waals surface area contributed by atoms with E-state index in [0.717, 1.165) is 6.07 Å². The summed E-state index contributed by atoms with van der Waals surface area (Å²) in [4.78, 5) is 35.1. The molecule has 0 aromatic heterocycles. The average molecular weight is 408 g/mol. The van der Waals surface area contributed by atoms with Crippen LogP contribution in [0.1, 0.15) is 17.3 Å². The number of esters is 1. The van der Waals surface area contributed by atoms with Crippen molar-refractivity contribution in [2.45, 2.75) is 13.0 Å². The Bertz CT molecular complexity index is 918. The van der Waals surface area contributed by atoms with E-state index in [4.69, 9.17) is 21.1 Å². The Morgan fingerprint density at radius 3 is 2.50 bits per heavy atom. The molecule has 28 heavy (non-hydrogen) atoms. The maximum atomic E-state index is 12.3. The molecule has 2 aromatic rings. The van der Waals surface area contributed by atoms with Crippen LogP contribution in [0.4, 0.5) is 17.1 Å². The zero-order valence-electron chi connectivity index (χ0n) is 15.3. The molecule has 2 N–H and O–H groups in total. The minimum atomic E-state index is -1.17. The molecule has 0 fully saturated rings. The first kappa shape index (κ1) is 21.0. The van der Waals surface area contributed by atoms with Crippen LogP contribution in [-0.2, 0) is 9.53 Å². The highest BCUT2D eigenvalue weighted by atomic mass is 35.5. The summed E-state index contributed by atoms with van der Waals surface area (Å²) >= 11 is 5.91. The van der Waals surface area contributed by atoms with Crippen molar-refractivity contribution in [3.05, 3.63) is 57.1 Å². The van der Waals surface area contributed by atoms with Crippen molar-refractivity contribution in [3.8, 4) is 5.75 Å². The highest BCUT2D eigenvalue weighted by molar-refractivity contribution is 6.31. The van der Waals surface area contributed by atoms with Crippen LogP contribution in [-0.4, -0.2) is 37.1 Å². The normalized spacial score (nSPS) is 11.3. The molecule has 1 amide bonds. The van der Waals surface area contributed by atoms with Crippen LogP contribution >= 0.6 is 11.6 Å². The zero-order valence-corrected chi connectivity index (χ0v) is 16.1. The van der Waals surface area contributed by atoms with Crippen LogP contribution < -0.4 is 15.4 Å². The quantitative estimate of drug-likeness (QED) is 0.409. The topological polar surface area (TPSA) is 120 Å². The molecule has 0 unspecified atom stereocenters. The van der Waals surface area contributed by atoms with E-state index in [9.17, 15) is 19.7 Å². The highest BCUT2D eigenvalue weighted by Gasteiger charge is 2.23. The second-order valence-electron chi connectivity index (χ2n) is 5.62. The van der Waals surface area contributed by atoms with Gasteiger partial charge in [-0.1, -0.05) is 11.6 Å². The molecule has 9 nitrogen and oxygen atoms in total. The second-order valence-corrected chi connectivity index (χ2v) is 6.06. The molecule has 0 aliphatic rings. The fourth-order valence-corrected chi connectivity index (χ4v) is 2.49. The number of rotatable bonds is 7. The van der Waals surface area contributed by atoms with Gasteiger partial charge in [0.05, 0.1) is 23.3 Å². The summed E-state index contributed by atoms with van der Waals surface area (Å²) in [5.74, 6) is -1.10. The van der Waals surface area contributed by atoms with Gasteiger partial charge in [0, 0.05) is 18.1 Å². The lowest BCUT2D eigenvalue weighted by molar-refractivity contribution is -0.384. The van der Waals surface area contributed by atoms with E-state index >= 15 is 0 Å². The van der Waals surface area contributed by atoms with E-state index in [-0.39, 0.29) is 16.9 Å².